The molecule has 230 valence electrons. The van der Waals surface area contributed by atoms with Gasteiger partial charge in [0.1, 0.15) is 41.4 Å². The van der Waals surface area contributed by atoms with E-state index < -0.39 is 23.3 Å². The van der Waals surface area contributed by atoms with Crippen molar-refractivity contribution in [3.05, 3.63) is 47.7 Å². The number of aryl methyl sites for hydroxylation is 1. The highest BCUT2D eigenvalue weighted by molar-refractivity contribution is 6.01. The molecule has 2 aromatic heterocycles. The molecular formula is C34H36F3N5O2. The number of anilines is 1. The van der Waals surface area contributed by atoms with Crippen LogP contribution in [0.2, 0.25) is 0 Å². The molecule has 44 heavy (non-hydrogen) atoms. The minimum absolute atomic E-state index is 0.0262. The second kappa shape index (κ2) is 10.2. The van der Waals surface area contributed by atoms with E-state index in [1.807, 2.05) is 6.92 Å². The van der Waals surface area contributed by atoms with E-state index in [2.05, 4.69) is 20.2 Å². The molecule has 4 aliphatic rings. The first-order valence-corrected chi connectivity index (χ1v) is 15.9. The number of nitrogens with zero attached hydrogens (tertiary/aromatic N) is 4. The molecule has 0 radical (unpaired) electrons. The summed E-state index contributed by atoms with van der Waals surface area (Å²) in [5.41, 5.74) is 0.724. The predicted molar refractivity (Wildman–Crippen MR) is 163 cm³/mol. The summed E-state index contributed by atoms with van der Waals surface area (Å²) in [5.74, 6) is -0.719. The van der Waals surface area contributed by atoms with Crippen LogP contribution >= 0.6 is 0 Å². The maximum Gasteiger partial charge on any atom is 0.319 e. The van der Waals surface area contributed by atoms with Crippen molar-refractivity contribution in [2.24, 2.45) is 5.41 Å². The third-order valence-electron chi connectivity index (χ3n) is 10.8. The van der Waals surface area contributed by atoms with Crippen LogP contribution in [0, 0.1) is 17.0 Å². The monoisotopic (exact) mass is 603 g/mol. The lowest BCUT2D eigenvalue weighted by atomic mass is 9.54. The molecule has 2 N–H and O–H groups in total. The van der Waals surface area contributed by atoms with Gasteiger partial charge in [-0.1, -0.05) is 19.4 Å². The smallest absolute Gasteiger partial charge is 0.319 e. The molecule has 4 aromatic rings. The number of nitrogens with one attached hydrogen (secondary N) is 1. The van der Waals surface area contributed by atoms with E-state index in [4.69, 9.17) is 9.72 Å². The molecule has 0 amide bonds. The summed E-state index contributed by atoms with van der Waals surface area (Å²) in [6.07, 6.45) is 9.08. The van der Waals surface area contributed by atoms with Crippen molar-refractivity contribution in [1.29, 1.82) is 0 Å². The highest BCUT2D eigenvalue weighted by Gasteiger charge is 2.50. The van der Waals surface area contributed by atoms with Gasteiger partial charge in [0.2, 0.25) is 0 Å². The van der Waals surface area contributed by atoms with Gasteiger partial charge >= 0.3 is 6.01 Å². The van der Waals surface area contributed by atoms with Crippen molar-refractivity contribution in [2.45, 2.75) is 82.5 Å². The average molecular weight is 604 g/mol. The number of alkyl halides is 1. The van der Waals surface area contributed by atoms with E-state index in [0.29, 0.717) is 52.3 Å². The zero-order chi connectivity index (χ0) is 30.2. The van der Waals surface area contributed by atoms with Crippen molar-refractivity contribution in [3.63, 3.8) is 0 Å². The van der Waals surface area contributed by atoms with Crippen LogP contribution in [0.25, 0.3) is 32.9 Å². The number of hydrogen-bond acceptors (Lipinski definition) is 7. The summed E-state index contributed by atoms with van der Waals surface area (Å²) in [6.45, 7) is 3.30. The number of hydrogen-bond donors (Lipinski definition) is 2. The van der Waals surface area contributed by atoms with Crippen LogP contribution in [0.3, 0.4) is 0 Å². The Hall–Kier alpha value is -3.66. The molecule has 2 saturated heterocycles. The van der Waals surface area contributed by atoms with Crippen molar-refractivity contribution >= 4 is 27.5 Å². The maximum absolute atomic E-state index is 16.7. The molecule has 10 heteroatoms. The Labute approximate surface area is 253 Å². The minimum Gasteiger partial charge on any atom is -0.508 e. The first-order valence-electron chi connectivity index (χ1n) is 15.9. The Balaban J connectivity index is 1.22. The number of phenolic OH excluding ortho intramolecular Hbond substituents is 1. The fourth-order valence-corrected chi connectivity index (χ4v) is 8.44. The van der Waals surface area contributed by atoms with Gasteiger partial charge in [0.05, 0.1) is 10.9 Å². The topological polar surface area (TPSA) is 83.4 Å². The van der Waals surface area contributed by atoms with Crippen molar-refractivity contribution in [2.75, 3.05) is 25.0 Å². The molecule has 0 unspecified atom stereocenters. The molecule has 8 rings (SSSR count). The first-order chi connectivity index (χ1) is 21.3. The van der Waals surface area contributed by atoms with Gasteiger partial charge in [-0.3, -0.25) is 9.88 Å². The van der Waals surface area contributed by atoms with E-state index >= 15 is 4.39 Å². The van der Waals surface area contributed by atoms with Gasteiger partial charge in [-0.15, -0.1) is 0 Å². The fourth-order valence-electron chi connectivity index (χ4n) is 8.44. The van der Waals surface area contributed by atoms with Crippen molar-refractivity contribution in [3.8, 4) is 23.0 Å². The number of aromatic hydroxyl groups is 1. The largest absolute Gasteiger partial charge is 0.508 e. The van der Waals surface area contributed by atoms with Crippen LogP contribution in [-0.4, -0.2) is 62.4 Å². The van der Waals surface area contributed by atoms with Crippen LogP contribution in [0.5, 0.6) is 11.8 Å². The van der Waals surface area contributed by atoms with E-state index in [9.17, 15) is 13.9 Å². The van der Waals surface area contributed by atoms with Gasteiger partial charge in [-0.2, -0.15) is 9.97 Å². The Bertz CT molecular complexity index is 1790. The zero-order valence-electron chi connectivity index (χ0n) is 24.8. The third-order valence-corrected chi connectivity index (χ3v) is 10.8. The van der Waals surface area contributed by atoms with Crippen LogP contribution in [0.1, 0.15) is 63.9 Å². The Morgan fingerprint density at radius 1 is 1.09 bits per heavy atom. The number of aromatic nitrogens is 3. The van der Waals surface area contributed by atoms with Gasteiger partial charge < -0.3 is 15.2 Å². The number of pyridine rings is 1. The zero-order valence-corrected chi connectivity index (χ0v) is 24.8. The molecule has 2 saturated carbocycles. The summed E-state index contributed by atoms with van der Waals surface area (Å²) >= 11 is 0. The van der Waals surface area contributed by atoms with Crippen molar-refractivity contribution < 1.29 is 23.0 Å². The van der Waals surface area contributed by atoms with Gasteiger partial charge in [0.25, 0.3) is 0 Å². The molecule has 7 nitrogen and oxygen atoms in total. The second-order valence-electron chi connectivity index (χ2n) is 13.5. The molecule has 1 spiro atoms. The molecule has 2 aliphatic heterocycles. The van der Waals surface area contributed by atoms with Crippen LogP contribution < -0.4 is 10.1 Å². The highest BCUT2D eigenvalue weighted by Crippen LogP contribution is 2.56. The highest BCUT2D eigenvalue weighted by atomic mass is 19.1. The standard InChI is InChI=1S/C34H36F3N5O2/c1-2-23-26(36)6-5-19-11-22(43)12-24(27(19)23)29-28(37)30-25(16-38-29)31(39-21-14-33(15-21)7-3-8-33)41-32(40-30)44-18-34-9-4-10-42(34)17-20(35)13-34/h5-6,11-12,16,20-21,43H,2-4,7-10,13-15,17-18H2,1H3,(H,39,40,41)/t20-,34+/m1/s1. The lowest BCUT2D eigenvalue weighted by molar-refractivity contribution is 0.0191. The molecule has 2 aromatic carbocycles. The average Bonchev–Trinajstić information content (AvgIpc) is 3.48. The predicted octanol–water partition coefficient (Wildman–Crippen LogP) is 7.09. The molecule has 2 atom stereocenters. The van der Waals surface area contributed by atoms with Crippen molar-refractivity contribution in [1.82, 2.24) is 19.9 Å². The van der Waals surface area contributed by atoms with Crippen LogP contribution in [0.15, 0.2) is 30.5 Å². The van der Waals surface area contributed by atoms with Crippen LogP contribution in [0.4, 0.5) is 19.0 Å². The van der Waals surface area contributed by atoms with Gasteiger partial charge in [0, 0.05) is 30.8 Å². The first kappa shape index (κ1) is 27.9. The lowest BCUT2D eigenvalue weighted by Gasteiger charge is -2.54. The Kier molecular flexibility index (Phi) is 6.45. The molecule has 4 heterocycles. The van der Waals surface area contributed by atoms with Gasteiger partial charge in [-0.05, 0) is 91.4 Å². The molecule has 2 aliphatic carbocycles. The number of rotatable bonds is 7. The number of fused-ring (bicyclic) bond motifs is 3. The Morgan fingerprint density at radius 3 is 2.70 bits per heavy atom. The van der Waals surface area contributed by atoms with E-state index in [0.717, 1.165) is 32.2 Å². The maximum atomic E-state index is 16.7. The second-order valence-corrected chi connectivity index (χ2v) is 13.5. The SMILES string of the molecule is CCc1c(F)ccc2cc(O)cc(-c3ncc4c(NC5CC6(CCC6)C5)nc(OC[C@@]56CCCN5C[C@H](F)C6)nc4c3F)c12. The summed E-state index contributed by atoms with van der Waals surface area (Å²) in [6, 6.07) is 6.13. The lowest BCUT2D eigenvalue weighted by Crippen LogP contribution is -2.49. The summed E-state index contributed by atoms with van der Waals surface area (Å²) in [4.78, 5) is 15.9. The summed E-state index contributed by atoms with van der Waals surface area (Å²) in [5, 5.41) is 15.6. The number of halogens is 3. The summed E-state index contributed by atoms with van der Waals surface area (Å²) < 4.78 is 52.2. The number of phenols is 1. The van der Waals surface area contributed by atoms with Crippen LogP contribution in [-0.2, 0) is 6.42 Å². The fraction of sp³-hybridized carbons (Fsp3) is 0.500. The molecular weight excluding hydrogens is 567 g/mol. The van der Waals surface area contributed by atoms with E-state index in [1.165, 1.54) is 37.5 Å². The normalized spacial score (nSPS) is 24.5. The number of ether oxygens (including phenoxy) is 1. The molecule has 4 fully saturated rings. The third kappa shape index (κ3) is 4.39. The molecule has 0 bridgehead atoms. The van der Waals surface area contributed by atoms with E-state index in [1.54, 1.807) is 12.3 Å². The van der Waals surface area contributed by atoms with Gasteiger partial charge in [-0.25, -0.2) is 13.2 Å². The van der Waals surface area contributed by atoms with Gasteiger partial charge in [0.15, 0.2) is 5.82 Å². The van der Waals surface area contributed by atoms with E-state index in [-0.39, 0.29) is 41.2 Å². The Morgan fingerprint density at radius 2 is 1.93 bits per heavy atom. The minimum atomic E-state index is -0.896. The summed E-state index contributed by atoms with van der Waals surface area (Å²) in [7, 11) is 0. The number of benzene rings is 2. The quantitative estimate of drug-likeness (QED) is 0.233.